The lowest BCUT2D eigenvalue weighted by Crippen LogP contribution is -2.55. The van der Waals surface area contributed by atoms with Crippen LogP contribution in [0.4, 0.5) is 5.69 Å². The number of benzene rings is 2. The van der Waals surface area contributed by atoms with Gasteiger partial charge >= 0.3 is 23.9 Å². The molecule has 17 heteroatoms. The quantitative estimate of drug-likeness (QED) is 0.192. The van der Waals surface area contributed by atoms with Crippen LogP contribution >= 0.6 is 46.6 Å². The number of aromatic nitrogens is 1. The first-order valence-corrected chi connectivity index (χ1v) is 18.8. The molecule has 3 aliphatic rings. The zero-order valence-electron chi connectivity index (χ0n) is 29.0. The highest BCUT2D eigenvalue weighted by molar-refractivity contribution is 8.26. The molecule has 4 heterocycles. The van der Waals surface area contributed by atoms with E-state index in [9.17, 15) is 24.0 Å². The predicted molar refractivity (Wildman–Crippen MR) is 199 cm³/mol. The number of thioether (sulfide) groups is 3. The highest BCUT2D eigenvalue weighted by Gasteiger charge is 2.62. The summed E-state index contributed by atoms with van der Waals surface area (Å²) in [5, 5.41) is 0.316. The summed E-state index contributed by atoms with van der Waals surface area (Å²) in [4.78, 5) is 74.6. The van der Waals surface area contributed by atoms with Gasteiger partial charge in [0, 0.05) is 16.0 Å². The lowest BCUT2D eigenvalue weighted by molar-refractivity contribution is -0.138. The summed E-state index contributed by atoms with van der Waals surface area (Å²) in [5.74, 6) is -3.49. The van der Waals surface area contributed by atoms with Crippen LogP contribution < -0.4 is 14.4 Å². The van der Waals surface area contributed by atoms with E-state index in [1.54, 1.807) is 36.9 Å². The molecule has 0 aliphatic carbocycles. The lowest BCUT2D eigenvalue weighted by Gasteiger charge is -2.50. The molecule has 52 heavy (non-hydrogen) atoms. The minimum absolute atomic E-state index is 0.147. The summed E-state index contributed by atoms with van der Waals surface area (Å²) >= 11 is 3.94. The van der Waals surface area contributed by atoms with Gasteiger partial charge in [-0.3, -0.25) is 9.69 Å². The maximum atomic E-state index is 14.4. The van der Waals surface area contributed by atoms with Gasteiger partial charge in [0.05, 0.1) is 62.1 Å². The highest BCUT2D eigenvalue weighted by atomic mass is 32.2. The molecule has 0 N–H and O–H groups in total. The Morgan fingerprint density at radius 2 is 1.40 bits per heavy atom. The second kappa shape index (κ2) is 14.5. The topological polar surface area (TPSA) is 157 Å². The molecule has 272 valence electrons. The molecule has 3 aromatic rings. The fraction of sp³-hybridized carbons (Fsp3) is 0.314. The van der Waals surface area contributed by atoms with Crippen molar-refractivity contribution >= 4 is 97.9 Å². The van der Waals surface area contributed by atoms with Gasteiger partial charge in [-0.15, -0.1) is 0 Å². The van der Waals surface area contributed by atoms with Crippen molar-refractivity contribution in [2.24, 2.45) is 0 Å². The van der Waals surface area contributed by atoms with Crippen LogP contribution in [0.5, 0.6) is 10.9 Å². The largest absolute Gasteiger partial charge is 0.494 e. The molecular formula is C35H32N2O11S4. The first-order chi connectivity index (χ1) is 24.9. The SMILES string of the molecule is CCOc1ccc2c(c1)C1=C(SC(C(=O)OC)=C(C(=O)OC)C13SC(C(=O)OC)=C(C(=O)OC)S3)C(C)(C)N2C(=O)COc1nc2ccccc2s1. The van der Waals surface area contributed by atoms with E-state index in [0.29, 0.717) is 39.3 Å². The van der Waals surface area contributed by atoms with Gasteiger partial charge in [0.25, 0.3) is 11.1 Å². The summed E-state index contributed by atoms with van der Waals surface area (Å²) in [6.07, 6.45) is 0. The van der Waals surface area contributed by atoms with E-state index in [0.717, 1.165) is 66.8 Å². The third-order valence-corrected chi connectivity index (χ3v) is 13.9. The summed E-state index contributed by atoms with van der Waals surface area (Å²) < 4.78 is 31.6. The van der Waals surface area contributed by atoms with Gasteiger partial charge in [-0.05, 0) is 51.1 Å². The third-order valence-electron chi connectivity index (χ3n) is 8.26. The molecule has 1 spiro atoms. The van der Waals surface area contributed by atoms with Crippen molar-refractivity contribution in [3.05, 3.63) is 73.2 Å². The average Bonchev–Trinajstić information content (AvgIpc) is 3.75. The van der Waals surface area contributed by atoms with E-state index in [1.807, 2.05) is 31.2 Å². The second-order valence-corrected chi connectivity index (χ2v) is 16.3. The van der Waals surface area contributed by atoms with Crippen molar-refractivity contribution in [3.63, 3.8) is 0 Å². The van der Waals surface area contributed by atoms with Crippen LogP contribution in [0.1, 0.15) is 26.3 Å². The fourth-order valence-electron chi connectivity index (χ4n) is 6.10. The Balaban J connectivity index is 1.58. The van der Waals surface area contributed by atoms with E-state index in [1.165, 1.54) is 18.4 Å². The molecule has 0 fully saturated rings. The minimum Gasteiger partial charge on any atom is -0.494 e. The second-order valence-electron chi connectivity index (χ2n) is 11.6. The Morgan fingerprint density at radius 1 is 0.788 bits per heavy atom. The number of carbonyl (C=O) groups is 5. The summed E-state index contributed by atoms with van der Waals surface area (Å²) in [7, 11) is 4.64. The summed E-state index contributed by atoms with van der Waals surface area (Å²) in [5.41, 5.74) is 0.608. The molecule has 0 unspecified atom stereocenters. The monoisotopic (exact) mass is 784 g/mol. The van der Waals surface area contributed by atoms with Crippen LogP contribution in [0.3, 0.4) is 0 Å². The third kappa shape index (κ3) is 6.12. The van der Waals surface area contributed by atoms with E-state index >= 15 is 0 Å². The molecule has 6 rings (SSSR count). The van der Waals surface area contributed by atoms with Crippen molar-refractivity contribution in [3.8, 4) is 10.9 Å². The van der Waals surface area contributed by atoms with E-state index in [2.05, 4.69) is 4.98 Å². The number of hydrogen-bond donors (Lipinski definition) is 0. The summed E-state index contributed by atoms with van der Waals surface area (Å²) in [6.45, 7) is 5.33. The van der Waals surface area contributed by atoms with Crippen molar-refractivity contribution in [2.45, 2.75) is 30.4 Å². The molecule has 2 aromatic carbocycles. The van der Waals surface area contributed by atoms with Crippen molar-refractivity contribution in [1.29, 1.82) is 0 Å². The van der Waals surface area contributed by atoms with Crippen LogP contribution in [-0.2, 0) is 42.9 Å². The van der Waals surface area contributed by atoms with Crippen molar-refractivity contribution < 1.29 is 52.4 Å². The Bertz CT molecular complexity index is 2070. The first kappa shape index (κ1) is 37.3. The molecular weight excluding hydrogens is 753 g/mol. The van der Waals surface area contributed by atoms with E-state index in [-0.39, 0.29) is 26.9 Å². The predicted octanol–water partition coefficient (Wildman–Crippen LogP) is 5.69. The molecule has 1 amide bonds. The Labute approximate surface area is 315 Å². The smallest absolute Gasteiger partial charge is 0.345 e. The van der Waals surface area contributed by atoms with E-state index < -0.39 is 39.4 Å². The number of hydrogen-bond acceptors (Lipinski definition) is 16. The number of ether oxygens (including phenoxy) is 6. The Kier molecular flexibility index (Phi) is 10.4. The van der Waals surface area contributed by atoms with Crippen molar-refractivity contribution in [1.82, 2.24) is 4.98 Å². The first-order valence-electron chi connectivity index (χ1n) is 15.6. The molecule has 0 bridgehead atoms. The normalized spacial score (nSPS) is 17.1. The zero-order valence-corrected chi connectivity index (χ0v) is 32.2. The number of amides is 1. The van der Waals surface area contributed by atoms with Crippen LogP contribution in [0.15, 0.2) is 67.7 Å². The van der Waals surface area contributed by atoms with E-state index in [4.69, 9.17) is 28.4 Å². The molecule has 3 aliphatic heterocycles. The number of fused-ring (bicyclic) bond motifs is 4. The van der Waals surface area contributed by atoms with Gasteiger partial charge in [0.2, 0.25) is 0 Å². The summed E-state index contributed by atoms with van der Waals surface area (Å²) in [6, 6.07) is 12.7. The van der Waals surface area contributed by atoms with Gasteiger partial charge in [0.1, 0.15) is 24.5 Å². The maximum absolute atomic E-state index is 14.4. The number of para-hydroxylation sites is 1. The molecule has 0 radical (unpaired) electrons. The van der Waals surface area contributed by atoms with Gasteiger partial charge < -0.3 is 28.4 Å². The zero-order chi connectivity index (χ0) is 37.5. The average molecular weight is 785 g/mol. The highest BCUT2D eigenvalue weighted by Crippen LogP contribution is 2.71. The van der Waals surface area contributed by atoms with Gasteiger partial charge in [0.15, 0.2) is 6.61 Å². The molecule has 1 aromatic heterocycles. The number of nitrogens with zero attached hydrogens (tertiary/aromatic N) is 2. The molecule has 0 saturated carbocycles. The Morgan fingerprint density at radius 3 is 2.00 bits per heavy atom. The molecule has 13 nitrogen and oxygen atoms in total. The number of thiazole rings is 1. The number of esters is 4. The van der Waals surface area contributed by atoms with Gasteiger partial charge in [-0.1, -0.05) is 58.8 Å². The van der Waals surface area contributed by atoms with Crippen LogP contribution in [-0.4, -0.2) is 86.0 Å². The minimum atomic E-state index is -1.73. The number of anilines is 1. The maximum Gasteiger partial charge on any atom is 0.345 e. The van der Waals surface area contributed by atoms with Crippen LogP contribution in [0.25, 0.3) is 15.8 Å². The molecule has 0 atom stereocenters. The molecule has 0 saturated heterocycles. The van der Waals surface area contributed by atoms with Crippen LogP contribution in [0.2, 0.25) is 0 Å². The lowest BCUT2D eigenvalue weighted by atomic mass is 9.83. The van der Waals surface area contributed by atoms with Gasteiger partial charge in [-0.2, -0.15) is 0 Å². The number of rotatable bonds is 9. The van der Waals surface area contributed by atoms with Crippen LogP contribution in [0, 0.1) is 0 Å². The van der Waals surface area contributed by atoms with Crippen molar-refractivity contribution in [2.75, 3.05) is 46.6 Å². The number of methoxy groups -OCH3 is 4. The van der Waals surface area contributed by atoms with Gasteiger partial charge in [-0.25, -0.2) is 24.2 Å². The number of carbonyl (C=O) groups excluding carboxylic acids is 5. The standard InChI is InChI=1S/C35H32N2O11S4/c1-8-47-17-13-14-20-18(15-17)23-28(34(2,3)37(20)22(38)16-48-33-36-19-11-9-10-12-21(19)49-33)50-25(30(40)44-5)24(29(39)43-4)35(23)51-26(31(41)45-6)27(52-35)32(42)46-7/h9-15H,8,16H2,1-7H3. The Hall–Kier alpha value is -4.45. The fourth-order valence-corrected chi connectivity index (χ4v) is 12.0.